The van der Waals surface area contributed by atoms with E-state index < -0.39 is 0 Å². The third kappa shape index (κ3) is 5.37. The minimum Gasteiger partial charge on any atom is -0.385 e. The van der Waals surface area contributed by atoms with Gasteiger partial charge in [-0.25, -0.2) is 0 Å². The fraction of sp³-hybridized carbons (Fsp3) is 0.933. The quantitative estimate of drug-likeness (QED) is 0.585. The van der Waals surface area contributed by atoms with Crippen molar-refractivity contribution in [3.63, 3.8) is 0 Å². The predicted octanol–water partition coefficient (Wildman–Crippen LogP) is 1.73. The van der Waals surface area contributed by atoms with Gasteiger partial charge in [0.1, 0.15) is 5.54 Å². The van der Waals surface area contributed by atoms with Crippen LogP contribution < -0.4 is 5.32 Å². The maximum absolute atomic E-state index is 9.35. The fourth-order valence-corrected chi connectivity index (χ4v) is 2.85. The Morgan fingerprint density at radius 3 is 2.60 bits per heavy atom. The van der Waals surface area contributed by atoms with Crippen LogP contribution in [0.3, 0.4) is 0 Å². The molecule has 5 nitrogen and oxygen atoms in total. The number of nitrogens with zero attached hydrogens (tertiary/aromatic N) is 1. The second kappa shape index (κ2) is 10.1. The van der Waals surface area contributed by atoms with Crippen molar-refractivity contribution >= 4 is 0 Å². The maximum atomic E-state index is 9.35. The number of hydrogen-bond donors (Lipinski definition) is 1. The topological polar surface area (TPSA) is 63.5 Å². The Hall–Kier alpha value is -0.670. The van der Waals surface area contributed by atoms with Gasteiger partial charge in [-0.15, -0.1) is 0 Å². The summed E-state index contributed by atoms with van der Waals surface area (Å²) >= 11 is 0. The number of nitrogens with one attached hydrogen (secondary N) is 1. The number of hydrogen-bond acceptors (Lipinski definition) is 5. The van der Waals surface area contributed by atoms with Gasteiger partial charge in [-0.05, 0) is 38.6 Å². The summed E-state index contributed by atoms with van der Waals surface area (Å²) in [5, 5.41) is 12.6. The van der Waals surface area contributed by atoms with Crippen molar-refractivity contribution in [2.24, 2.45) is 5.92 Å². The first kappa shape index (κ1) is 17.4. The molecule has 20 heavy (non-hydrogen) atoms. The van der Waals surface area contributed by atoms with E-state index in [9.17, 15) is 5.26 Å². The van der Waals surface area contributed by atoms with Crippen LogP contribution in [0.25, 0.3) is 0 Å². The van der Waals surface area contributed by atoms with Crippen molar-refractivity contribution in [3.05, 3.63) is 0 Å². The maximum Gasteiger partial charge on any atom is 0.109 e. The van der Waals surface area contributed by atoms with Crippen LogP contribution in [0.15, 0.2) is 0 Å². The van der Waals surface area contributed by atoms with Crippen LogP contribution in [0.4, 0.5) is 0 Å². The summed E-state index contributed by atoms with van der Waals surface area (Å²) in [5.41, 5.74) is -0.333. The highest BCUT2D eigenvalue weighted by Gasteiger charge is 2.41. The summed E-state index contributed by atoms with van der Waals surface area (Å²) in [7, 11) is 3.58. The lowest BCUT2D eigenvalue weighted by molar-refractivity contribution is 0.0340. The standard InChI is InChI=1S/C15H28N2O3/c1-17-15(13-16)7-3-5-14(15)6-10-20-12-11-19-9-4-8-18-2/h14,17H,3-12H2,1-2H3. The molecule has 0 aromatic carbocycles. The van der Waals surface area contributed by atoms with Crippen molar-refractivity contribution < 1.29 is 14.2 Å². The Morgan fingerprint density at radius 1 is 1.20 bits per heavy atom. The Bertz CT molecular complexity index is 293. The molecule has 0 bridgehead atoms. The van der Waals surface area contributed by atoms with Crippen molar-refractivity contribution in [2.45, 2.75) is 37.6 Å². The molecule has 1 N–H and O–H groups in total. The smallest absolute Gasteiger partial charge is 0.109 e. The molecule has 1 fully saturated rings. The largest absolute Gasteiger partial charge is 0.385 e. The van der Waals surface area contributed by atoms with Crippen molar-refractivity contribution in [1.29, 1.82) is 5.26 Å². The summed E-state index contributed by atoms with van der Waals surface area (Å²) in [6, 6.07) is 2.45. The molecule has 0 aromatic heterocycles. The molecule has 0 amide bonds. The Kier molecular flexibility index (Phi) is 8.79. The van der Waals surface area contributed by atoms with Gasteiger partial charge in [0.25, 0.3) is 0 Å². The molecule has 0 aliphatic heterocycles. The van der Waals surface area contributed by atoms with Crippen LogP contribution in [-0.4, -0.2) is 52.7 Å². The average molecular weight is 284 g/mol. The summed E-state index contributed by atoms with van der Waals surface area (Å²) < 4.78 is 16.0. The van der Waals surface area contributed by atoms with Crippen LogP contribution in [0.5, 0.6) is 0 Å². The number of methoxy groups -OCH3 is 1. The van der Waals surface area contributed by atoms with Gasteiger partial charge in [-0.1, -0.05) is 6.42 Å². The average Bonchev–Trinajstić information content (AvgIpc) is 2.89. The molecule has 0 spiro atoms. The Morgan fingerprint density at radius 2 is 1.95 bits per heavy atom. The first-order valence-corrected chi connectivity index (χ1v) is 7.53. The minimum absolute atomic E-state index is 0.333. The lowest BCUT2D eigenvalue weighted by Crippen LogP contribution is -2.45. The van der Waals surface area contributed by atoms with Gasteiger partial charge in [-0.2, -0.15) is 5.26 Å². The Labute approximate surface area is 122 Å². The van der Waals surface area contributed by atoms with Crippen LogP contribution in [-0.2, 0) is 14.2 Å². The van der Waals surface area contributed by atoms with E-state index in [4.69, 9.17) is 14.2 Å². The van der Waals surface area contributed by atoms with E-state index in [1.807, 2.05) is 7.05 Å². The van der Waals surface area contributed by atoms with Crippen molar-refractivity contribution in [3.8, 4) is 6.07 Å². The first-order valence-electron chi connectivity index (χ1n) is 7.53. The third-order valence-corrected chi connectivity index (χ3v) is 4.09. The van der Waals surface area contributed by atoms with E-state index in [0.29, 0.717) is 25.7 Å². The highest BCUT2D eigenvalue weighted by Crippen LogP contribution is 2.37. The molecule has 1 aliphatic carbocycles. The molecule has 1 aliphatic rings. The van der Waals surface area contributed by atoms with Crippen LogP contribution >= 0.6 is 0 Å². The highest BCUT2D eigenvalue weighted by atomic mass is 16.5. The molecule has 0 heterocycles. The van der Waals surface area contributed by atoms with E-state index in [0.717, 1.165) is 45.3 Å². The number of ether oxygens (including phenoxy) is 3. The molecule has 0 saturated heterocycles. The van der Waals surface area contributed by atoms with Gasteiger partial charge in [0.15, 0.2) is 0 Å². The summed E-state index contributed by atoms with van der Waals surface area (Å²) in [6.45, 7) is 3.42. The van der Waals surface area contributed by atoms with Gasteiger partial charge < -0.3 is 19.5 Å². The zero-order chi connectivity index (χ0) is 14.7. The van der Waals surface area contributed by atoms with Gasteiger partial charge in [0, 0.05) is 26.9 Å². The van der Waals surface area contributed by atoms with E-state index in [1.165, 1.54) is 0 Å². The highest BCUT2D eigenvalue weighted by molar-refractivity contribution is 5.13. The monoisotopic (exact) mass is 284 g/mol. The predicted molar refractivity (Wildman–Crippen MR) is 77.5 cm³/mol. The molecule has 116 valence electrons. The van der Waals surface area contributed by atoms with Crippen LogP contribution in [0, 0.1) is 17.2 Å². The van der Waals surface area contributed by atoms with Gasteiger partial charge in [-0.3, -0.25) is 0 Å². The molecular weight excluding hydrogens is 256 g/mol. The van der Waals surface area contributed by atoms with E-state index >= 15 is 0 Å². The fourth-order valence-electron chi connectivity index (χ4n) is 2.85. The van der Waals surface area contributed by atoms with E-state index in [-0.39, 0.29) is 5.54 Å². The molecule has 5 heteroatoms. The van der Waals surface area contributed by atoms with Crippen molar-refractivity contribution in [1.82, 2.24) is 5.32 Å². The zero-order valence-electron chi connectivity index (χ0n) is 12.8. The normalized spacial score (nSPS) is 25.8. The molecule has 0 aromatic rings. The first-order chi connectivity index (χ1) is 9.79. The minimum atomic E-state index is -0.333. The molecule has 2 unspecified atom stereocenters. The Balaban J connectivity index is 2.03. The lowest BCUT2D eigenvalue weighted by Gasteiger charge is -2.28. The molecule has 0 radical (unpaired) electrons. The lowest BCUT2D eigenvalue weighted by atomic mass is 9.86. The molecule has 2 atom stereocenters. The number of nitriles is 1. The van der Waals surface area contributed by atoms with Gasteiger partial charge in [0.05, 0.1) is 19.3 Å². The summed E-state index contributed by atoms with van der Waals surface area (Å²) in [5.74, 6) is 0.403. The molecule has 1 rings (SSSR count). The number of rotatable bonds is 11. The van der Waals surface area contributed by atoms with E-state index in [1.54, 1.807) is 7.11 Å². The van der Waals surface area contributed by atoms with Crippen LogP contribution in [0.2, 0.25) is 0 Å². The molecule has 1 saturated carbocycles. The zero-order valence-corrected chi connectivity index (χ0v) is 12.8. The molecular formula is C15H28N2O3. The van der Waals surface area contributed by atoms with Gasteiger partial charge >= 0.3 is 0 Å². The van der Waals surface area contributed by atoms with Crippen molar-refractivity contribution in [2.75, 3.05) is 47.2 Å². The summed E-state index contributed by atoms with van der Waals surface area (Å²) in [4.78, 5) is 0. The second-order valence-corrected chi connectivity index (χ2v) is 5.28. The van der Waals surface area contributed by atoms with Gasteiger partial charge in [0.2, 0.25) is 0 Å². The second-order valence-electron chi connectivity index (χ2n) is 5.28. The summed E-state index contributed by atoms with van der Waals surface area (Å²) in [6.07, 6.45) is 5.06. The van der Waals surface area contributed by atoms with Crippen LogP contribution in [0.1, 0.15) is 32.1 Å². The van der Waals surface area contributed by atoms with E-state index in [2.05, 4.69) is 11.4 Å². The third-order valence-electron chi connectivity index (χ3n) is 4.09. The SMILES string of the molecule is CNC1(C#N)CCCC1CCOCCOCCCOC.